The summed E-state index contributed by atoms with van der Waals surface area (Å²) in [5.41, 5.74) is 1.38. The molecule has 0 aliphatic carbocycles. The number of nitrogens with zero attached hydrogens (tertiary/aromatic N) is 1. The number of benzene rings is 1. The first kappa shape index (κ1) is 15.7. The van der Waals surface area contributed by atoms with Gasteiger partial charge >= 0.3 is 0 Å². The second-order valence-corrected chi connectivity index (χ2v) is 5.29. The maximum absolute atomic E-state index is 13.8. The molecule has 2 rings (SSSR count). The Hall–Kier alpha value is -1.72. The Morgan fingerprint density at radius 1 is 1.29 bits per heavy atom. The van der Waals surface area contributed by atoms with E-state index in [4.69, 9.17) is 0 Å². The van der Waals surface area contributed by atoms with E-state index >= 15 is 0 Å². The quantitative estimate of drug-likeness (QED) is 0.735. The summed E-state index contributed by atoms with van der Waals surface area (Å²) in [5.74, 6) is -0.276. The van der Waals surface area contributed by atoms with Crippen LogP contribution in [0.1, 0.15) is 32.3 Å². The van der Waals surface area contributed by atoms with Gasteiger partial charge < -0.3 is 10.4 Å². The second kappa shape index (κ2) is 6.83. The van der Waals surface area contributed by atoms with Crippen LogP contribution in [0, 0.1) is 5.82 Å². The highest BCUT2D eigenvalue weighted by Gasteiger charge is 2.21. The van der Waals surface area contributed by atoms with Crippen molar-refractivity contribution in [1.29, 1.82) is 0 Å². The summed E-state index contributed by atoms with van der Waals surface area (Å²) in [6.45, 7) is 4.96. The second-order valence-electron chi connectivity index (χ2n) is 5.29. The Morgan fingerprint density at radius 2 is 2.00 bits per heavy atom. The summed E-state index contributed by atoms with van der Waals surface area (Å²) in [6.07, 6.45) is 3.08. The summed E-state index contributed by atoms with van der Waals surface area (Å²) in [5, 5.41) is 20.3. The van der Waals surface area contributed by atoms with Crippen molar-refractivity contribution < 1.29 is 9.50 Å². The van der Waals surface area contributed by atoms with Crippen molar-refractivity contribution in [3.05, 3.63) is 41.8 Å². The average Bonchev–Trinajstić information content (AvgIpc) is 2.96. The van der Waals surface area contributed by atoms with E-state index in [9.17, 15) is 9.50 Å². The van der Waals surface area contributed by atoms with Gasteiger partial charge in [0.25, 0.3) is 0 Å². The van der Waals surface area contributed by atoms with E-state index in [0.717, 1.165) is 5.56 Å². The van der Waals surface area contributed by atoms with Crippen LogP contribution in [0.15, 0.2) is 30.5 Å². The molecule has 3 N–H and O–H groups in total. The van der Waals surface area contributed by atoms with E-state index in [1.54, 1.807) is 24.4 Å². The number of nitrogens with one attached hydrogen (secondary N) is 2. The van der Waals surface area contributed by atoms with E-state index in [1.807, 2.05) is 13.8 Å². The molecule has 1 aromatic carbocycles. The van der Waals surface area contributed by atoms with Crippen molar-refractivity contribution in [2.45, 2.75) is 38.8 Å². The van der Waals surface area contributed by atoms with Gasteiger partial charge in [0.1, 0.15) is 5.82 Å². The lowest BCUT2D eigenvalue weighted by Gasteiger charge is -2.25. The SMILES string of the molecule is CCC(O)(CC)CNCc1cn[nH]c1-c1ccccc1F. The number of hydrogen-bond acceptors (Lipinski definition) is 3. The third-order valence-corrected chi connectivity index (χ3v) is 3.95. The van der Waals surface area contributed by atoms with Crippen LogP contribution in [-0.2, 0) is 6.54 Å². The standard InChI is InChI=1S/C16H22FN3O/c1-3-16(21,4-2)11-18-9-12-10-19-20-15(12)13-7-5-6-8-14(13)17/h5-8,10,18,21H,3-4,9,11H2,1-2H3,(H,19,20). The molecule has 0 amide bonds. The lowest BCUT2D eigenvalue weighted by atomic mass is 9.97. The van der Waals surface area contributed by atoms with Crippen molar-refractivity contribution in [3.63, 3.8) is 0 Å². The molecule has 0 fully saturated rings. The molecule has 1 aromatic heterocycles. The molecule has 4 nitrogen and oxygen atoms in total. The molecule has 0 bridgehead atoms. The largest absolute Gasteiger partial charge is 0.389 e. The highest BCUT2D eigenvalue weighted by Crippen LogP contribution is 2.24. The summed E-state index contributed by atoms with van der Waals surface area (Å²) in [6, 6.07) is 6.61. The number of rotatable bonds is 7. The zero-order valence-corrected chi connectivity index (χ0v) is 12.5. The fraction of sp³-hybridized carbons (Fsp3) is 0.438. The van der Waals surface area contributed by atoms with Crippen molar-refractivity contribution in [2.24, 2.45) is 0 Å². The van der Waals surface area contributed by atoms with Crippen molar-refractivity contribution in [3.8, 4) is 11.3 Å². The number of hydrogen-bond donors (Lipinski definition) is 3. The number of aromatic nitrogens is 2. The van der Waals surface area contributed by atoms with Gasteiger partial charge in [-0.15, -0.1) is 0 Å². The number of aliphatic hydroxyl groups is 1. The molecule has 0 spiro atoms. The average molecular weight is 291 g/mol. The Bertz CT molecular complexity index is 578. The van der Waals surface area contributed by atoms with E-state index in [0.29, 0.717) is 37.2 Å². The van der Waals surface area contributed by atoms with Gasteiger partial charge in [-0.1, -0.05) is 26.0 Å². The first-order valence-corrected chi connectivity index (χ1v) is 7.30. The van der Waals surface area contributed by atoms with Crippen LogP contribution in [0.3, 0.4) is 0 Å². The molecule has 0 saturated carbocycles. The van der Waals surface area contributed by atoms with Crippen molar-refractivity contribution >= 4 is 0 Å². The molecule has 0 unspecified atom stereocenters. The first-order valence-electron chi connectivity index (χ1n) is 7.30. The van der Waals surface area contributed by atoms with Crippen LogP contribution in [0.2, 0.25) is 0 Å². The fourth-order valence-corrected chi connectivity index (χ4v) is 2.27. The molecule has 0 aliphatic heterocycles. The Labute approximate surface area is 124 Å². The van der Waals surface area contributed by atoms with Gasteiger partial charge in [0.15, 0.2) is 0 Å². The predicted molar refractivity (Wildman–Crippen MR) is 81.2 cm³/mol. The maximum Gasteiger partial charge on any atom is 0.132 e. The van der Waals surface area contributed by atoms with Gasteiger partial charge in [-0.25, -0.2) is 4.39 Å². The summed E-state index contributed by atoms with van der Waals surface area (Å²) in [7, 11) is 0. The molecule has 114 valence electrons. The van der Waals surface area contributed by atoms with Crippen LogP contribution in [0.5, 0.6) is 0 Å². The molecule has 0 atom stereocenters. The smallest absolute Gasteiger partial charge is 0.132 e. The fourth-order valence-electron chi connectivity index (χ4n) is 2.27. The molecule has 0 radical (unpaired) electrons. The van der Waals surface area contributed by atoms with Gasteiger partial charge in [0.2, 0.25) is 0 Å². The molecule has 0 aliphatic rings. The number of H-pyrrole nitrogens is 1. The van der Waals surface area contributed by atoms with Gasteiger partial charge in [-0.3, -0.25) is 5.10 Å². The number of halogens is 1. The van der Waals surface area contributed by atoms with Crippen LogP contribution in [0.25, 0.3) is 11.3 Å². The van der Waals surface area contributed by atoms with E-state index in [-0.39, 0.29) is 5.82 Å². The number of aromatic amines is 1. The zero-order valence-electron chi connectivity index (χ0n) is 12.5. The molecule has 21 heavy (non-hydrogen) atoms. The Morgan fingerprint density at radius 3 is 2.67 bits per heavy atom. The minimum atomic E-state index is -0.693. The lowest BCUT2D eigenvalue weighted by Crippen LogP contribution is -2.39. The topological polar surface area (TPSA) is 60.9 Å². The third-order valence-electron chi connectivity index (χ3n) is 3.95. The minimum absolute atomic E-state index is 0.276. The zero-order chi connectivity index (χ0) is 15.3. The van der Waals surface area contributed by atoms with Crippen molar-refractivity contribution in [1.82, 2.24) is 15.5 Å². The first-order chi connectivity index (χ1) is 10.1. The monoisotopic (exact) mass is 291 g/mol. The molecule has 2 aromatic rings. The van der Waals surface area contributed by atoms with Gasteiger partial charge in [0.05, 0.1) is 17.5 Å². The molecular weight excluding hydrogens is 269 g/mol. The minimum Gasteiger partial charge on any atom is -0.389 e. The van der Waals surface area contributed by atoms with Crippen LogP contribution < -0.4 is 5.32 Å². The highest BCUT2D eigenvalue weighted by atomic mass is 19.1. The molecule has 1 heterocycles. The highest BCUT2D eigenvalue weighted by molar-refractivity contribution is 5.63. The van der Waals surface area contributed by atoms with Crippen LogP contribution >= 0.6 is 0 Å². The normalized spacial score (nSPS) is 11.8. The predicted octanol–water partition coefficient (Wildman–Crippen LogP) is 2.86. The van der Waals surface area contributed by atoms with Crippen LogP contribution in [0.4, 0.5) is 4.39 Å². The molecular formula is C16H22FN3O. The van der Waals surface area contributed by atoms with E-state index in [1.165, 1.54) is 6.07 Å². The summed E-state index contributed by atoms with van der Waals surface area (Å²) >= 11 is 0. The summed E-state index contributed by atoms with van der Waals surface area (Å²) < 4.78 is 13.8. The molecule has 5 heteroatoms. The molecule has 0 saturated heterocycles. The lowest BCUT2D eigenvalue weighted by molar-refractivity contribution is 0.0323. The maximum atomic E-state index is 13.8. The van der Waals surface area contributed by atoms with Crippen LogP contribution in [-0.4, -0.2) is 27.4 Å². The summed E-state index contributed by atoms with van der Waals surface area (Å²) in [4.78, 5) is 0. The Balaban J connectivity index is 2.07. The van der Waals surface area contributed by atoms with Gasteiger partial charge in [-0.05, 0) is 25.0 Å². The van der Waals surface area contributed by atoms with E-state index < -0.39 is 5.60 Å². The van der Waals surface area contributed by atoms with Gasteiger partial charge in [0, 0.05) is 24.2 Å². The Kier molecular flexibility index (Phi) is 5.09. The van der Waals surface area contributed by atoms with Crippen molar-refractivity contribution in [2.75, 3.05) is 6.54 Å². The third kappa shape index (κ3) is 3.68. The van der Waals surface area contributed by atoms with Gasteiger partial charge in [-0.2, -0.15) is 5.10 Å². The van der Waals surface area contributed by atoms with E-state index in [2.05, 4.69) is 15.5 Å².